The molecule has 6 rings (SSSR count). The summed E-state index contributed by atoms with van der Waals surface area (Å²) in [6, 6.07) is 14.5. The minimum absolute atomic E-state index is 0.00624. The maximum absolute atomic E-state index is 13.0. The lowest BCUT2D eigenvalue weighted by Crippen LogP contribution is -2.21. The van der Waals surface area contributed by atoms with E-state index in [1.165, 1.54) is 13.2 Å². The topological polar surface area (TPSA) is 135 Å². The number of benzene rings is 2. The van der Waals surface area contributed by atoms with Gasteiger partial charge in [-0.1, -0.05) is 6.07 Å². The summed E-state index contributed by atoms with van der Waals surface area (Å²) in [5, 5.41) is 14.2. The zero-order chi connectivity index (χ0) is 25.2. The van der Waals surface area contributed by atoms with E-state index >= 15 is 0 Å². The summed E-state index contributed by atoms with van der Waals surface area (Å²) in [6.45, 7) is 0. The van der Waals surface area contributed by atoms with Gasteiger partial charge in [0.1, 0.15) is 5.75 Å². The van der Waals surface area contributed by atoms with E-state index in [-0.39, 0.29) is 22.7 Å². The first-order chi connectivity index (χ1) is 17.2. The number of fused-ring (bicyclic) bond motifs is 3. The van der Waals surface area contributed by atoms with Crippen LogP contribution in [0, 0.1) is 0 Å². The Morgan fingerprint density at radius 2 is 1.89 bits per heavy atom. The molecule has 2 aromatic carbocycles. The third-order valence-corrected chi connectivity index (χ3v) is 7.97. The summed E-state index contributed by atoms with van der Waals surface area (Å²) in [6.07, 6.45) is 1.81. The SMILES string of the molecule is COc1ccc2c(c1)[C@]1(C[C@H]1c1ccc3c(Nc4nc(S(C)(=O)=O)ccc4OC)n[nH]c3c1)C(=O)N2. The van der Waals surface area contributed by atoms with Gasteiger partial charge in [0.2, 0.25) is 5.91 Å². The number of anilines is 3. The first kappa shape index (κ1) is 22.4. The van der Waals surface area contributed by atoms with Gasteiger partial charge in [-0.3, -0.25) is 9.89 Å². The number of nitrogens with one attached hydrogen (secondary N) is 3. The Bertz CT molecular complexity index is 1660. The Hall–Kier alpha value is -4.12. The average Bonchev–Trinajstić information content (AvgIpc) is 3.42. The number of H-pyrrole nitrogens is 1. The molecule has 2 atom stereocenters. The van der Waals surface area contributed by atoms with Gasteiger partial charge in [-0.25, -0.2) is 13.4 Å². The molecule has 0 saturated heterocycles. The maximum atomic E-state index is 13.0. The number of amides is 1. The number of carbonyl (C=O) groups is 1. The van der Waals surface area contributed by atoms with Crippen LogP contribution >= 0.6 is 0 Å². The normalized spacial score (nSPS) is 20.3. The summed E-state index contributed by atoms with van der Waals surface area (Å²) >= 11 is 0. The molecule has 1 aliphatic heterocycles. The van der Waals surface area contributed by atoms with Crippen molar-refractivity contribution in [2.24, 2.45) is 0 Å². The highest BCUT2D eigenvalue weighted by Crippen LogP contribution is 2.65. The predicted molar refractivity (Wildman–Crippen MR) is 134 cm³/mol. The highest BCUT2D eigenvalue weighted by atomic mass is 32.2. The van der Waals surface area contributed by atoms with Crippen molar-refractivity contribution in [3.8, 4) is 11.5 Å². The van der Waals surface area contributed by atoms with E-state index < -0.39 is 15.3 Å². The molecular weight excluding hydrogens is 482 g/mol. The number of carbonyl (C=O) groups excluding carboxylic acids is 1. The van der Waals surface area contributed by atoms with Crippen molar-refractivity contribution in [1.82, 2.24) is 15.2 Å². The van der Waals surface area contributed by atoms with E-state index in [1.54, 1.807) is 13.2 Å². The monoisotopic (exact) mass is 505 g/mol. The number of pyridine rings is 1. The molecule has 4 aromatic rings. The first-order valence-corrected chi connectivity index (χ1v) is 13.1. The third kappa shape index (κ3) is 3.30. The van der Waals surface area contributed by atoms with Crippen LogP contribution in [0.4, 0.5) is 17.3 Å². The second-order valence-electron chi connectivity index (χ2n) is 9.07. The number of rotatable bonds is 6. The quantitative estimate of drug-likeness (QED) is 0.362. The van der Waals surface area contributed by atoms with Gasteiger partial charge >= 0.3 is 0 Å². The highest BCUT2D eigenvalue weighted by Gasteiger charge is 2.65. The second-order valence-corrected chi connectivity index (χ2v) is 11.0. The zero-order valence-electron chi connectivity index (χ0n) is 19.7. The fourth-order valence-electron chi connectivity index (χ4n) is 5.05. The first-order valence-electron chi connectivity index (χ1n) is 11.2. The molecule has 1 spiro atoms. The summed E-state index contributed by atoms with van der Waals surface area (Å²) in [7, 11) is -0.400. The van der Waals surface area contributed by atoms with Crippen molar-refractivity contribution < 1.29 is 22.7 Å². The third-order valence-electron chi connectivity index (χ3n) is 6.98. The van der Waals surface area contributed by atoms with Crippen LogP contribution in [0.2, 0.25) is 0 Å². The number of aromatic nitrogens is 3. The van der Waals surface area contributed by atoms with Crippen LogP contribution < -0.4 is 20.1 Å². The Morgan fingerprint density at radius 3 is 2.64 bits per heavy atom. The largest absolute Gasteiger partial charge is 0.497 e. The van der Waals surface area contributed by atoms with E-state index in [1.807, 2.05) is 36.4 Å². The fraction of sp³-hybridized carbons (Fsp3) is 0.240. The van der Waals surface area contributed by atoms with Gasteiger partial charge in [0, 0.05) is 23.2 Å². The smallest absolute Gasteiger partial charge is 0.235 e. The average molecular weight is 506 g/mol. The number of methoxy groups -OCH3 is 2. The lowest BCUT2D eigenvalue weighted by molar-refractivity contribution is -0.118. The molecule has 11 heteroatoms. The van der Waals surface area contributed by atoms with Crippen molar-refractivity contribution in [2.45, 2.75) is 22.8 Å². The van der Waals surface area contributed by atoms with Crippen LogP contribution in [0.25, 0.3) is 10.9 Å². The van der Waals surface area contributed by atoms with E-state index in [2.05, 4.69) is 25.8 Å². The number of hydrogen-bond donors (Lipinski definition) is 3. The van der Waals surface area contributed by atoms with Crippen LogP contribution in [0.1, 0.15) is 23.5 Å². The van der Waals surface area contributed by atoms with Crippen LogP contribution in [0.5, 0.6) is 11.5 Å². The van der Waals surface area contributed by atoms with Gasteiger partial charge in [0.15, 0.2) is 32.2 Å². The molecule has 184 valence electrons. The zero-order valence-corrected chi connectivity index (χ0v) is 20.6. The highest BCUT2D eigenvalue weighted by molar-refractivity contribution is 7.90. The molecule has 2 aromatic heterocycles. The van der Waals surface area contributed by atoms with Crippen molar-refractivity contribution in [3.05, 3.63) is 59.7 Å². The molecule has 3 N–H and O–H groups in total. The van der Waals surface area contributed by atoms with E-state index in [9.17, 15) is 13.2 Å². The minimum Gasteiger partial charge on any atom is -0.497 e. The molecular formula is C25H23N5O5S. The van der Waals surface area contributed by atoms with Crippen LogP contribution in [0.3, 0.4) is 0 Å². The van der Waals surface area contributed by atoms with Crippen LogP contribution in [0.15, 0.2) is 53.6 Å². The van der Waals surface area contributed by atoms with Crippen molar-refractivity contribution in [3.63, 3.8) is 0 Å². The van der Waals surface area contributed by atoms with Gasteiger partial charge in [-0.05, 0) is 60.0 Å². The maximum Gasteiger partial charge on any atom is 0.235 e. The summed E-state index contributed by atoms with van der Waals surface area (Å²) in [4.78, 5) is 17.2. The fourth-order valence-corrected chi connectivity index (χ4v) is 5.62. The van der Waals surface area contributed by atoms with E-state index in [0.29, 0.717) is 18.0 Å². The molecule has 10 nitrogen and oxygen atoms in total. The summed E-state index contributed by atoms with van der Waals surface area (Å²) < 4.78 is 34.6. The van der Waals surface area contributed by atoms with Gasteiger partial charge in [0.25, 0.3) is 0 Å². The molecule has 2 aliphatic rings. The van der Waals surface area contributed by atoms with Gasteiger partial charge in [-0.15, -0.1) is 0 Å². The molecule has 1 fully saturated rings. The summed E-state index contributed by atoms with van der Waals surface area (Å²) in [5.41, 5.74) is 3.00. The molecule has 3 heterocycles. The Morgan fingerprint density at radius 1 is 1.06 bits per heavy atom. The van der Waals surface area contributed by atoms with E-state index in [4.69, 9.17) is 9.47 Å². The number of sulfone groups is 1. The minimum atomic E-state index is -3.50. The Labute approximate surface area is 207 Å². The van der Waals surface area contributed by atoms with Crippen molar-refractivity contribution >= 4 is 44.0 Å². The van der Waals surface area contributed by atoms with Crippen molar-refractivity contribution in [1.29, 1.82) is 0 Å². The number of ether oxygens (including phenoxy) is 2. The standard InChI is InChI=1S/C25H23N5O5S/c1-34-14-5-7-18-16(11-14)25(24(31)26-18)12-17(25)13-4-6-15-19(10-13)29-30-22(15)28-23-20(35-2)8-9-21(27-23)36(3,32)33/h4-11,17H,12H2,1-3H3,(H,26,31)(H2,27,28,29,30)/t17-,25-/m0/s1. The molecule has 1 aliphatic carbocycles. The van der Waals surface area contributed by atoms with Gasteiger partial charge in [0.05, 0.1) is 25.2 Å². The van der Waals surface area contributed by atoms with Crippen LogP contribution in [-0.4, -0.2) is 50.0 Å². The number of nitrogens with zero attached hydrogens (tertiary/aromatic N) is 2. The number of aromatic amines is 1. The molecule has 1 amide bonds. The lowest BCUT2D eigenvalue weighted by Gasteiger charge is -2.11. The number of hydrogen-bond acceptors (Lipinski definition) is 8. The molecule has 0 radical (unpaired) electrons. The van der Waals surface area contributed by atoms with Gasteiger partial charge < -0.3 is 20.1 Å². The van der Waals surface area contributed by atoms with Crippen molar-refractivity contribution in [2.75, 3.05) is 31.1 Å². The molecule has 36 heavy (non-hydrogen) atoms. The molecule has 1 saturated carbocycles. The lowest BCUT2D eigenvalue weighted by atomic mass is 9.91. The Balaban J connectivity index is 1.33. The second kappa shape index (κ2) is 7.69. The summed E-state index contributed by atoms with van der Waals surface area (Å²) in [5.74, 6) is 1.87. The molecule has 0 bridgehead atoms. The molecule has 0 unspecified atom stereocenters. The van der Waals surface area contributed by atoms with Gasteiger partial charge in [-0.2, -0.15) is 5.10 Å². The van der Waals surface area contributed by atoms with Crippen LogP contribution in [-0.2, 0) is 20.0 Å². The Kier molecular flexibility index (Phi) is 4.77. The predicted octanol–water partition coefficient (Wildman–Crippen LogP) is 3.50. The van der Waals surface area contributed by atoms with E-state index in [0.717, 1.165) is 39.7 Å².